The number of aromatic amines is 1. The molecular formula is C17H14ClN3O. The minimum Gasteiger partial charge on any atom is -0.347 e. The third-order valence-electron chi connectivity index (χ3n) is 3.24. The lowest BCUT2D eigenvalue weighted by atomic mass is 10.1. The van der Waals surface area contributed by atoms with Crippen LogP contribution < -0.4 is 5.32 Å². The summed E-state index contributed by atoms with van der Waals surface area (Å²) in [6, 6.07) is 18.8. The number of H-pyrrole nitrogens is 1. The lowest BCUT2D eigenvalue weighted by Crippen LogP contribution is -2.23. The van der Waals surface area contributed by atoms with Crippen LogP contribution in [0.25, 0.3) is 11.3 Å². The van der Waals surface area contributed by atoms with E-state index in [0.717, 1.165) is 11.1 Å². The number of carbonyl (C=O) groups is 1. The molecule has 5 heteroatoms. The van der Waals surface area contributed by atoms with Crippen LogP contribution in [0, 0.1) is 0 Å². The van der Waals surface area contributed by atoms with E-state index in [9.17, 15) is 4.79 Å². The molecule has 1 heterocycles. The van der Waals surface area contributed by atoms with Gasteiger partial charge in [-0.3, -0.25) is 9.89 Å². The molecule has 1 amide bonds. The summed E-state index contributed by atoms with van der Waals surface area (Å²) < 4.78 is 0. The van der Waals surface area contributed by atoms with Gasteiger partial charge < -0.3 is 5.32 Å². The molecule has 0 unspecified atom stereocenters. The molecule has 0 fully saturated rings. The van der Waals surface area contributed by atoms with Crippen LogP contribution >= 0.6 is 11.6 Å². The number of amides is 1. The first kappa shape index (κ1) is 14.4. The number of aromatic nitrogens is 2. The van der Waals surface area contributed by atoms with E-state index in [1.54, 1.807) is 12.1 Å². The minimum atomic E-state index is -0.190. The average molecular weight is 312 g/mol. The monoisotopic (exact) mass is 311 g/mol. The maximum absolute atomic E-state index is 12.1. The highest BCUT2D eigenvalue weighted by atomic mass is 35.5. The second kappa shape index (κ2) is 6.45. The first-order valence-corrected chi connectivity index (χ1v) is 7.23. The van der Waals surface area contributed by atoms with Gasteiger partial charge in [-0.15, -0.1) is 0 Å². The number of rotatable bonds is 4. The fraction of sp³-hybridized carbons (Fsp3) is 0.0588. The smallest absolute Gasteiger partial charge is 0.269 e. The predicted molar refractivity (Wildman–Crippen MR) is 86.6 cm³/mol. The van der Waals surface area contributed by atoms with Gasteiger partial charge in [0.2, 0.25) is 0 Å². The lowest BCUT2D eigenvalue weighted by Gasteiger charge is -2.03. The highest BCUT2D eigenvalue weighted by molar-refractivity contribution is 6.30. The first-order valence-electron chi connectivity index (χ1n) is 6.86. The van der Waals surface area contributed by atoms with Gasteiger partial charge in [0, 0.05) is 17.1 Å². The molecule has 2 N–H and O–H groups in total. The fourth-order valence-corrected chi connectivity index (χ4v) is 2.30. The van der Waals surface area contributed by atoms with Crippen LogP contribution in [0.15, 0.2) is 60.7 Å². The Balaban J connectivity index is 1.69. The minimum absolute atomic E-state index is 0.190. The summed E-state index contributed by atoms with van der Waals surface area (Å²) in [6.45, 7) is 0.477. The number of nitrogens with zero attached hydrogens (tertiary/aromatic N) is 1. The second-order valence-corrected chi connectivity index (χ2v) is 5.28. The van der Waals surface area contributed by atoms with Crippen molar-refractivity contribution in [1.82, 2.24) is 15.5 Å². The van der Waals surface area contributed by atoms with E-state index in [-0.39, 0.29) is 5.91 Å². The van der Waals surface area contributed by atoms with Gasteiger partial charge in [-0.05, 0) is 23.8 Å². The van der Waals surface area contributed by atoms with Crippen molar-refractivity contribution >= 4 is 17.5 Å². The molecule has 4 nitrogen and oxygen atoms in total. The van der Waals surface area contributed by atoms with Crippen molar-refractivity contribution in [2.24, 2.45) is 0 Å². The Morgan fingerprint density at radius 2 is 1.91 bits per heavy atom. The van der Waals surface area contributed by atoms with Crippen molar-refractivity contribution in [2.45, 2.75) is 6.54 Å². The molecule has 0 aliphatic heterocycles. The Bertz CT molecular complexity index is 783. The Labute approximate surface area is 133 Å². The van der Waals surface area contributed by atoms with Crippen LogP contribution in [0.5, 0.6) is 0 Å². The van der Waals surface area contributed by atoms with E-state index in [2.05, 4.69) is 15.5 Å². The quantitative estimate of drug-likeness (QED) is 0.772. The molecule has 110 valence electrons. The summed E-state index contributed by atoms with van der Waals surface area (Å²) in [4.78, 5) is 12.1. The number of carbonyl (C=O) groups excluding carboxylic acids is 1. The zero-order valence-electron chi connectivity index (χ0n) is 11.7. The molecule has 0 saturated carbocycles. The van der Waals surface area contributed by atoms with E-state index in [1.165, 1.54) is 0 Å². The van der Waals surface area contributed by atoms with Crippen molar-refractivity contribution in [1.29, 1.82) is 0 Å². The molecule has 22 heavy (non-hydrogen) atoms. The summed E-state index contributed by atoms with van der Waals surface area (Å²) in [7, 11) is 0. The molecule has 0 spiro atoms. The largest absolute Gasteiger partial charge is 0.347 e. The third-order valence-corrected chi connectivity index (χ3v) is 3.47. The molecule has 0 bridgehead atoms. The Morgan fingerprint density at radius 1 is 1.09 bits per heavy atom. The topological polar surface area (TPSA) is 57.8 Å². The SMILES string of the molecule is O=C(NCc1ccccc1)c1cc(-c2cccc(Cl)c2)n[nH]1. The van der Waals surface area contributed by atoms with Gasteiger partial charge in [0.15, 0.2) is 0 Å². The summed E-state index contributed by atoms with van der Waals surface area (Å²) in [5.74, 6) is -0.190. The van der Waals surface area contributed by atoms with Crippen LogP contribution in [-0.2, 0) is 6.54 Å². The molecule has 0 radical (unpaired) electrons. The fourth-order valence-electron chi connectivity index (χ4n) is 2.11. The van der Waals surface area contributed by atoms with Crippen LogP contribution in [-0.4, -0.2) is 16.1 Å². The Hall–Kier alpha value is -2.59. The zero-order chi connectivity index (χ0) is 15.4. The number of nitrogens with one attached hydrogen (secondary N) is 2. The van der Waals surface area contributed by atoms with E-state index < -0.39 is 0 Å². The molecule has 3 rings (SSSR count). The van der Waals surface area contributed by atoms with Crippen LogP contribution in [0.3, 0.4) is 0 Å². The van der Waals surface area contributed by atoms with Gasteiger partial charge in [-0.1, -0.05) is 54.1 Å². The van der Waals surface area contributed by atoms with Gasteiger partial charge in [0.25, 0.3) is 5.91 Å². The van der Waals surface area contributed by atoms with Crippen molar-refractivity contribution < 1.29 is 4.79 Å². The summed E-state index contributed by atoms with van der Waals surface area (Å²) in [5, 5.41) is 10.4. The number of hydrogen-bond acceptors (Lipinski definition) is 2. The zero-order valence-corrected chi connectivity index (χ0v) is 12.5. The lowest BCUT2D eigenvalue weighted by molar-refractivity contribution is 0.0946. The standard InChI is InChI=1S/C17H14ClN3O/c18-14-8-4-7-13(9-14)15-10-16(21-20-15)17(22)19-11-12-5-2-1-3-6-12/h1-10H,11H2,(H,19,22)(H,20,21). The van der Waals surface area contributed by atoms with Crippen molar-refractivity contribution in [3.8, 4) is 11.3 Å². The van der Waals surface area contributed by atoms with Crippen molar-refractivity contribution in [3.63, 3.8) is 0 Å². The Kier molecular flexibility index (Phi) is 4.21. The van der Waals surface area contributed by atoms with Gasteiger partial charge >= 0.3 is 0 Å². The number of halogens is 1. The number of hydrogen-bond donors (Lipinski definition) is 2. The van der Waals surface area contributed by atoms with Crippen molar-refractivity contribution in [2.75, 3.05) is 0 Å². The molecule has 3 aromatic rings. The summed E-state index contributed by atoms with van der Waals surface area (Å²) in [5.41, 5.74) is 3.02. The van der Waals surface area contributed by atoms with Crippen LogP contribution in [0.1, 0.15) is 16.1 Å². The van der Waals surface area contributed by atoms with E-state index >= 15 is 0 Å². The molecule has 0 aliphatic rings. The highest BCUT2D eigenvalue weighted by Gasteiger charge is 2.11. The molecule has 0 saturated heterocycles. The summed E-state index contributed by atoms with van der Waals surface area (Å²) >= 11 is 5.96. The average Bonchev–Trinajstić information content (AvgIpc) is 3.04. The maximum atomic E-state index is 12.1. The molecule has 0 atom stereocenters. The molecule has 1 aromatic heterocycles. The summed E-state index contributed by atoms with van der Waals surface area (Å²) in [6.07, 6.45) is 0. The van der Waals surface area contributed by atoms with Gasteiger partial charge in [0.1, 0.15) is 5.69 Å². The highest BCUT2D eigenvalue weighted by Crippen LogP contribution is 2.21. The van der Waals surface area contributed by atoms with E-state index in [0.29, 0.717) is 23.0 Å². The molecule has 0 aliphatic carbocycles. The van der Waals surface area contributed by atoms with Crippen LogP contribution in [0.2, 0.25) is 5.02 Å². The molecule has 2 aromatic carbocycles. The normalized spacial score (nSPS) is 10.4. The van der Waals surface area contributed by atoms with Gasteiger partial charge in [-0.25, -0.2) is 0 Å². The van der Waals surface area contributed by atoms with Gasteiger partial charge in [0.05, 0.1) is 5.69 Å². The van der Waals surface area contributed by atoms with Gasteiger partial charge in [-0.2, -0.15) is 5.10 Å². The van der Waals surface area contributed by atoms with E-state index in [1.807, 2.05) is 48.5 Å². The second-order valence-electron chi connectivity index (χ2n) is 4.85. The molecular weight excluding hydrogens is 298 g/mol. The van der Waals surface area contributed by atoms with Crippen LogP contribution in [0.4, 0.5) is 0 Å². The van der Waals surface area contributed by atoms with Crippen molar-refractivity contribution in [3.05, 3.63) is 76.9 Å². The third kappa shape index (κ3) is 3.35. The maximum Gasteiger partial charge on any atom is 0.269 e. The first-order chi connectivity index (χ1) is 10.7. The number of benzene rings is 2. The Morgan fingerprint density at radius 3 is 2.68 bits per heavy atom. The predicted octanol–water partition coefficient (Wildman–Crippen LogP) is 3.66. The van der Waals surface area contributed by atoms with E-state index in [4.69, 9.17) is 11.6 Å².